The first-order valence-electron chi connectivity index (χ1n) is 12.4. The summed E-state index contributed by atoms with van der Waals surface area (Å²) >= 11 is 13.4. The maximum Gasteiger partial charge on any atom is 0.260 e. The fourth-order valence-corrected chi connectivity index (χ4v) is 5.32. The second-order valence-corrected chi connectivity index (χ2v) is 10.3. The minimum atomic E-state index is -0.259. The largest absolute Gasteiger partial charge is 0.495 e. The number of likely N-dealkylation sites (tertiary alicyclic amines) is 1. The average Bonchev–Trinajstić information content (AvgIpc) is 2.90. The molecule has 1 saturated heterocycles. The van der Waals surface area contributed by atoms with E-state index in [9.17, 15) is 9.59 Å². The third-order valence-electron chi connectivity index (χ3n) is 6.71. The number of benzene rings is 1. The number of piperidine rings is 1. The number of ether oxygens (including phenoxy) is 1. The molecule has 0 aliphatic carbocycles. The van der Waals surface area contributed by atoms with Crippen molar-refractivity contribution >= 4 is 46.1 Å². The van der Waals surface area contributed by atoms with Gasteiger partial charge in [0.05, 0.1) is 22.7 Å². The van der Waals surface area contributed by atoms with E-state index in [4.69, 9.17) is 27.9 Å². The molecule has 0 spiro atoms. The number of hydrogen-bond acceptors (Lipinski definition) is 7. The quantitative estimate of drug-likeness (QED) is 0.429. The number of aryl methyl sites for hydroxylation is 1. The Balaban J connectivity index is 1.79. The number of fused-ring (bicyclic) bond motifs is 1. The summed E-state index contributed by atoms with van der Waals surface area (Å²) in [5.41, 5.74) is 1.76. The van der Waals surface area contributed by atoms with Crippen molar-refractivity contribution in [3.8, 4) is 16.9 Å². The summed E-state index contributed by atoms with van der Waals surface area (Å²) in [5, 5.41) is 4.28. The maximum absolute atomic E-state index is 14.1. The second kappa shape index (κ2) is 11.7. The maximum atomic E-state index is 14.1. The fourth-order valence-electron chi connectivity index (χ4n) is 4.70. The van der Waals surface area contributed by atoms with E-state index in [1.165, 1.54) is 7.11 Å². The molecule has 0 radical (unpaired) electrons. The van der Waals surface area contributed by atoms with Gasteiger partial charge in [0.1, 0.15) is 11.4 Å². The van der Waals surface area contributed by atoms with Crippen LogP contribution < -0.4 is 15.6 Å². The number of hydrogen-bond donors (Lipinski definition) is 1. The summed E-state index contributed by atoms with van der Waals surface area (Å²) in [6, 6.07) is 3.30. The van der Waals surface area contributed by atoms with E-state index >= 15 is 0 Å². The number of rotatable bonds is 7. The van der Waals surface area contributed by atoms with Crippen LogP contribution in [0.3, 0.4) is 0 Å². The monoisotopic (exact) mass is 558 g/mol. The molecule has 2 aromatic heterocycles. The highest BCUT2D eigenvalue weighted by molar-refractivity contribution is 6.40. The number of anilines is 1. The average molecular weight is 559 g/mol. The molecule has 0 unspecified atom stereocenters. The summed E-state index contributed by atoms with van der Waals surface area (Å²) in [5.74, 6) is 0.817. The van der Waals surface area contributed by atoms with E-state index < -0.39 is 0 Å². The van der Waals surface area contributed by atoms with E-state index in [1.54, 1.807) is 36.0 Å². The molecule has 0 saturated carbocycles. The second-order valence-electron chi connectivity index (χ2n) is 9.58. The first-order valence-corrected chi connectivity index (χ1v) is 13.1. The Bertz CT molecular complexity index is 1450. The van der Waals surface area contributed by atoms with Crippen LogP contribution in [0.15, 0.2) is 35.3 Å². The lowest BCUT2D eigenvalue weighted by Crippen LogP contribution is -2.40. The van der Waals surface area contributed by atoms with Crippen LogP contribution in [0.1, 0.15) is 24.4 Å². The zero-order chi connectivity index (χ0) is 27.6. The molecule has 1 aliphatic rings. The molecule has 1 N–H and O–H groups in total. The van der Waals surface area contributed by atoms with Gasteiger partial charge in [-0.25, -0.2) is 4.98 Å². The minimum absolute atomic E-state index is 0.0264. The van der Waals surface area contributed by atoms with Crippen molar-refractivity contribution in [1.82, 2.24) is 24.3 Å². The van der Waals surface area contributed by atoms with Gasteiger partial charge in [-0.3, -0.25) is 14.2 Å². The molecule has 3 heterocycles. The van der Waals surface area contributed by atoms with Gasteiger partial charge in [0.25, 0.3) is 5.56 Å². The molecular formula is C27H32Cl2N6O3. The van der Waals surface area contributed by atoms with E-state index in [2.05, 4.69) is 15.3 Å². The number of methoxy groups -OCH3 is 1. The van der Waals surface area contributed by atoms with E-state index in [0.29, 0.717) is 71.4 Å². The molecular weight excluding hydrogens is 527 g/mol. The minimum Gasteiger partial charge on any atom is -0.495 e. The van der Waals surface area contributed by atoms with Crippen LogP contribution in [0.25, 0.3) is 22.2 Å². The number of carbonyl (C=O) groups is 1. The number of pyridine rings is 1. The SMILES string of the molecule is CNc1ncc2cc(-c3c(Cl)c(C)cc(OC)c3Cl)c(=O)n(C3CCN(C(=O)/C=C/CN(C)C)CC3)c2n1. The Morgan fingerprint density at radius 2 is 1.95 bits per heavy atom. The number of halogens is 2. The van der Waals surface area contributed by atoms with E-state index in [1.807, 2.05) is 36.9 Å². The van der Waals surface area contributed by atoms with Crippen LogP contribution in [0, 0.1) is 6.92 Å². The van der Waals surface area contributed by atoms with Crippen LogP contribution in [0.5, 0.6) is 5.75 Å². The van der Waals surface area contributed by atoms with Gasteiger partial charge in [0.2, 0.25) is 11.9 Å². The molecule has 9 nitrogen and oxygen atoms in total. The Hall–Kier alpha value is -3.14. The van der Waals surface area contributed by atoms with E-state index in [0.717, 1.165) is 5.56 Å². The van der Waals surface area contributed by atoms with Crippen LogP contribution in [0.4, 0.5) is 5.95 Å². The zero-order valence-electron chi connectivity index (χ0n) is 22.2. The molecule has 1 fully saturated rings. The summed E-state index contributed by atoms with van der Waals surface area (Å²) in [6.45, 7) is 3.58. The highest BCUT2D eigenvalue weighted by atomic mass is 35.5. The van der Waals surface area contributed by atoms with Crippen molar-refractivity contribution in [1.29, 1.82) is 0 Å². The van der Waals surface area contributed by atoms with Gasteiger partial charge in [-0.1, -0.05) is 29.3 Å². The predicted octanol–water partition coefficient (Wildman–Crippen LogP) is 4.41. The van der Waals surface area contributed by atoms with Crippen molar-refractivity contribution in [2.24, 2.45) is 0 Å². The third kappa shape index (κ3) is 5.50. The summed E-state index contributed by atoms with van der Waals surface area (Å²) < 4.78 is 7.15. The van der Waals surface area contributed by atoms with Crippen molar-refractivity contribution in [3.63, 3.8) is 0 Å². The zero-order valence-corrected chi connectivity index (χ0v) is 23.7. The Kier molecular flexibility index (Phi) is 8.60. The lowest BCUT2D eigenvalue weighted by atomic mass is 10.00. The number of amides is 1. The van der Waals surface area contributed by atoms with Gasteiger partial charge < -0.3 is 19.9 Å². The van der Waals surface area contributed by atoms with Gasteiger partial charge in [0.15, 0.2) is 0 Å². The van der Waals surface area contributed by atoms with Crippen LogP contribution >= 0.6 is 23.2 Å². The van der Waals surface area contributed by atoms with Crippen molar-refractivity contribution in [3.05, 3.63) is 56.4 Å². The molecule has 0 bridgehead atoms. The smallest absolute Gasteiger partial charge is 0.260 e. The topological polar surface area (TPSA) is 92.6 Å². The molecule has 1 aromatic carbocycles. The Labute approximate surface area is 232 Å². The summed E-state index contributed by atoms with van der Waals surface area (Å²) in [4.78, 5) is 39.6. The van der Waals surface area contributed by atoms with Gasteiger partial charge in [0, 0.05) is 55.9 Å². The van der Waals surface area contributed by atoms with Crippen molar-refractivity contribution < 1.29 is 9.53 Å². The number of likely N-dealkylation sites (N-methyl/N-ethyl adjacent to an activating group) is 1. The van der Waals surface area contributed by atoms with Crippen LogP contribution in [0.2, 0.25) is 10.0 Å². The molecule has 38 heavy (non-hydrogen) atoms. The summed E-state index contributed by atoms with van der Waals surface area (Å²) in [6.07, 6.45) is 6.35. The third-order valence-corrected chi connectivity index (χ3v) is 7.57. The van der Waals surface area contributed by atoms with Gasteiger partial charge >= 0.3 is 0 Å². The first-order chi connectivity index (χ1) is 18.2. The number of nitrogens with zero attached hydrogens (tertiary/aromatic N) is 5. The Morgan fingerprint density at radius 1 is 1.24 bits per heavy atom. The standard InChI is InChI=1S/C27H32Cl2N6O3/c1-16-13-20(38-5)24(29)22(23(16)28)19-14-17-15-31-27(30-2)32-25(17)35(26(19)37)18-8-11-34(12-9-18)21(36)7-6-10-33(3)4/h6-7,13-15,18H,8-12H2,1-5H3,(H,30,31,32)/b7-6+. The molecule has 1 aliphatic heterocycles. The highest BCUT2D eigenvalue weighted by Crippen LogP contribution is 2.42. The molecule has 11 heteroatoms. The van der Waals surface area contributed by atoms with E-state index in [-0.39, 0.29) is 22.5 Å². The fraction of sp³-hybridized carbons (Fsp3) is 0.407. The van der Waals surface area contributed by atoms with Crippen molar-refractivity contribution in [2.75, 3.05) is 53.2 Å². The van der Waals surface area contributed by atoms with Gasteiger partial charge in [-0.05, 0) is 51.6 Å². The van der Waals surface area contributed by atoms with Gasteiger partial charge in [-0.2, -0.15) is 4.98 Å². The lowest BCUT2D eigenvalue weighted by Gasteiger charge is -2.33. The normalized spacial score (nSPS) is 14.6. The lowest BCUT2D eigenvalue weighted by molar-refractivity contribution is -0.127. The first kappa shape index (κ1) is 27.9. The number of nitrogens with one attached hydrogen (secondary N) is 1. The number of aromatic nitrogens is 3. The van der Waals surface area contributed by atoms with Crippen molar-refractivity contribution in [2.45, 2.75) is 25.8 Å². The highest BCUT2D eigenvalue weighted by Gasteiger charge is 2.28. The molecule has 1 amide bonds. The number of carbonyl (C=O) groups excluding carboxylic acids is 1. The Morgan fingerprint density at radius 3 is 2.58 bits per heavy atom. The van der Waals surface area contributed by atoms with Crippen LogP contribution in [-0.4, -0.2) is 78.1 Å². The van der Waals surface area contributed by atoms with Crippen LogP contribution in [-0.2, 0) is 4.79 Å². The molecule has 202 valence electrons. The van der Waals surface area contributed by atoms with Gasteiger partial charge in [-0.15, -0.1) is 0 Å². The molecule has 3 aromatic rings. The summed E-state index contributed by atoms with van der Waals surface area (Å²) in [7, 11) is 7.15. The molecule has 0 atom stereocenters. The predicted molar refractivity (Wildman–Crippen MR) is 153 cm³/mol. The molecule has 4 rings (SSSR count).